The summed E-state index contributed by atoms with van der Waals surface area (Å²) in [6, 6.07) is 4.69. The summed E-state index contributed by atoms with van der Waals surface area (Å²) in [5.41, 5.74) is 1.32. The highest BCUT2D eigenvalue weighted by Gasteiger charge is 2.23. The quantitative estimate of drug-likeness (QED) is 0.843. The van der Waals surface area contributed by atoms with Gasteiger partial charge in [0.25, 0.3) is 5.91 Å². The summed E-state index contributed by atoms with van der Waals surface area (Å²) in [4.78, 5) is 26.5. The summed E-state index contributed by atoms with van der Waals surface area (Å²) in [7, 11) is 0. The van der Waals surface area contributed by atoms with E-state index in [4.69, 9.17) is 5.11 Å². The van der Waals surface area contributed by atoms with Crippen molar-refractivity contribution < 1.29 is 19.8 Å². The van der Waals surface area contributed by atoms with Gasteiger partial charge in [-0.25, -0.2) is 0 Å². The van der Waals surface area contributed by atoms with Gasteiger partial charge in [-0.3, -0.25) is 14.5 Å². The van der Waals surface area contributed by atoms with E-state index in [2.05, 4.69) is 0 Å². The fraction of sp³-hybridized carbons (Fsp3) is 0.429. The number of rotatable bonds is 3. The predicted molar refractivity (Wildman–Crippen MR) is 72.8 cm³/mol. The molecule has 0 aromatic heterocycles. The minimum atomic E-state index is -0.848. The fourth-order valence-corrected chi connectivity index (χ4v) is 2.36. The number of phenols is 1. The number of carbonyl (C=O) groups is 2. The first-order valence-corrected chi connectivity index (χ1v) is 6.50. The molecule has 0 unspecified atom stereocenters. The molecular formula is C14H18N2O4. The van der Waals surface area contributed by atoms with Gasteiger partial charge in [0.1, 0.15) is 5.75 Å². The number of nitrogens with zero attached hydrogens (tertiary/aromatic N) is 2. The molecule has 1 aromatic rings. The Hall–Kier alpha value is -2.08. The Morgan fingerprint density at radius 3 is 2.40 bits per heavy atom. The molecule has 2 rings (SSSR count). The van der Waals surface area contributed by atoms with Crippen LogP contribution in [0.25, 0.3) is 0 Å². The number of carboxylic acids is 1. The molecule has 6 heteroatoms. The van der Waals surface area contributed by atoms with Gasteiger partial charge in [0.2, 0.25) is 0 Å². The lowest BCUT2D eigenvalue weighted by molar-refractivity contribution is -0.138. The second-order valence-electron chi connectivity index (χ2n) is 4.96. The molecule has 108 valence electrons. The first-order chi connectivity index (χ1) is 9.47. The average Bonchev–Trinajstić information content (AvgIpc) is 2.38. The Kier molecular flexibility index (Phi) is 4.24. The summed E-state index contributed by atoms with van der Waals surface area (Å²) >= 11 is 0. The molecule has 2 N–H and O–H groups in total. The van der Waals surface area contributed by atoms with E-state index in [1.165, 1.54) is 6.07 Å². The van der Waals surface area contributed by atoms with Gasteiger partial charge >= 0.3 is 5.97 Å². The van der Waals surface area contributed by atoms with Crippen molar-refractivity contribution in [3.05, 3.63) is 29.3 Å². The van der Waals surface area contributed by atoms with Gasteiger partial charge in [-0.1, -0.05) is 0 Å². The summed E-state index contributed by atoms with van der Waals surface area (Å²) in [6.07, 6.45) is 0. The highest BCUT2D eigenvalue weighted by Crippen LogP contribution is 2.18. The van der Waals surface area contributed by atoms with Gasteiger partial charge in [-0.15, -0.1) is 0 Å². The third-order valence-corrected chi connectivity index (χ3v) is 3.46. The van der Waals surface area contributed by atoms with Crippen molar-refractivity contribution >= 4 is 11.9 Å². The molecule has 1 aliphatic rings. The van der Waals surface area contributed by atoms with Crippen molar-refractivity contribution in [1.29, 1.82) is 0 Å². The number of hydrogen-bond donors (Lipinski definition) is 2. The molecule has 0 saturated carbocycles. The summed E-state index contributed by atoms with van der Waals surface area (Å²) in [6.45, 7) is 3.97. The lowest BCUT2D eigenvalue weighted by Crippen LogP contribution is -2.50. The normalized spacial score (nSPS) is 16.1. The monoisotopic (exact) mass is 278 g/mol. The van der Waals surface area contributed by atoms with Crippen LogP contribution in [-0.2, 0) is 4.79 Å². The van der Waals surface area contributed by atoms with Gasteiger partial charge in [-0.2, -0.15) is 0 Å². The summed E-state index contributed by atoms with van der Waals surface area (Å²) in [5.74, 6) is -0.776. The second kappa shape index (κ2) is 5.92. The molecule has 0 atom stereocenters. The van der Waals surface area contributed by atoms with Crippen molar-refractivity contribution in [3.8, 4) is 5.75 Å². The standard InChI is InChI=1S/C14H18N2O4/c1-10-8-11(17)2-3-12(10)14(20)16-6-4-15(5-7-16)9-13(18)19/h2-3,8,17H,4-7,9H2,1H3,(H,18,19). The highest BCUT2D eigenvalue weighted by molar-refractivity contribution is 5.95. The van der Waals surface area contributed by atoms with Crippen LogP contribution in [0.2, 0.25) is 0 Å². The van der Waals surface area contributed by atoms with E-state index in [0.29, 0.717) is 31.7 Å². The molecule has 20 heavy (non-hydrogen) atoms. The Labute approximate surface area is 117 Å². The number of benzene rings is 1. The molecule has 0 bridgehead atoms. The van der Waals surface area contributed by atoms with Crippen molar-refractivity contribution in [3.63, 3.8) is 0 Å². The lowest BCUT2D eigenvalue weighted by atomic mass is 10.1. The molecule has 1 aromatic carbocycles. The number of aliphatic carboxylic acids is 1. The zero-order valence-corrected chi connectivity index (χ0v) is 11.4. The van der Waals surface area contributed by atoms with E-state index in [9.17, 15) is 14.7 Å². The zero-order valence-electron chi connectivity index (χ0n) is 11.4. The number of piperazine rings is 1. The van der Waals surface area contributed by atoms with Crippen molar-refractivity contribution in [2.75, 3.05) is 32.7 Å². The Bertz CT molecular complexity index is 522. The largest absolute Gasteiger partial charge is 0.508 e. The summed E-state index contributed by atoms with van der Waals surface area (Å²) < 4.78 is 0. The number of amides is 1. The second-order valence-corrected chi connectivity index (χ2v) is 4.96. The van der Waals surface area contributed by atoms with Gasteiger partial charge in [0.15, 0.2) is 0 Å². The maximum atomic E-state index is 12.4. The average molecular weight is 278 g/mol. The van der Waals surface area contributed by atoms with Crippen LogP contribution in [0.1, 0.15) is 15.9 Å². The fourth-order valence-electron chi connectivity index (χ4n) is 2.36. The minimum absolute atomic E-state index is 0.0142. The first kappa shape index (κ1) is 14.3. The van der Waals surface area contributed by atoms with Crippen LogP contribution in [0.5, 0.6) is 5.75 Å². The Morgan fingerprint density at radius 2 is 1.85 bits per heavy atom. The maximum Gasteiger partial charge on any atom is 0.317 e. The van der Waals surface area contributed by atoms with E-state index in [-0.39, 0.29) is 18.2 Å². The summed E-state index contributed by atoms with van der Waals surface area (Å²) in [5, 5.41) is 18.1. The van der Waals surface area contributed by atoms with Crippen molar-refractivity contribution in [2.45, 2.75) is 6.92 Å². The zero-order chi connectivity index (χ0) is 14.7. The molecule has 0 spiro atoms. The molecule has 0 radical (unpaired) electrons. The number of carboxylic acid groups (broad SMARTS) is 1. The van der Waals surface area contributed by atoms with Crippen molar-refractivity contribution in [2.24, 2.45) is 0 Å². The topological polar surface area (TPSA) is 81.1 Å². The molecule has 1 aliphatic heterocycles. The van der Waals surface area contributed by atoms with Crippen LogP contribution in [0.3, 0.4) is 0 Å². The van der Waals surface area contributed by atoms with Crippen LogP contribution in [0, 0.1) is 6.92 Å². The maximum absolute atomic E-state index is 12.4. The lowest BCUT2D eigenvalue weighted by Gasteiger charge is -2.34. The molecule has 1 heterocycles. The van der Waals surface area contributed by atoms with Gasteiger partial charge in [-0.05, 0) is 30.7 Å². The Balaban J connectivity index is 1.99. The van der Waals surface area contributed by atoms with Gasteiger partial charge in [0, 0.05) is 31.7 Å². The molecule has 6 nitrogen and oxygen atoms in total. The molecule has 1 saturated heterocycles. The van der Waals surface area contributed by atoms with E-state index in [0.717, 1.165) is 5.56 Å². The first-order valence-electron chi connectivity index (χ1n) is 6.50. The molecule has 1 fully saturated rings. The Morgan fingerprint density at radius 1 is 1.20 bits per heavy atom. The smallest absolute Gasteiger partial charge is 0.317 e. The molecular weight excluding hydrogens is 260 g/mol. The molecule has 1 amide bonds. The minimum Gasteiger partial charge on any atom is -0.508 e. The third kappa shape index (κ3) is 3.27. The van der Waals surface area contributed by atoms with Gasteiger partial charge in [0.05, 0.1) is 6.54 Å². The number of aryl methyl sites for hydroxylation is 1. The highest BCUT2D eigenvalue weighted by atomic mass is 16.4. The van der Waals surface area contributed by atoms with E-state index < -0.39 is 5.97 Å². The third-order valence-electron chi connectivity index (χ3n) is 3.46. The van der Waals surface area contributed by atoms with Crippen LogP contribution in [0.4, 0.5) is 0 Å². The predicted octanol–water partition coefficient (Wildman–Crippen LogP) is 0.543. The number of hydrogen-bond acceptors (Lipinski definition) is 4. The van der Waals surface area contributed by atoms with E-state index in [1.807, 2.05) is 4.90 Å². The number of aromatic hydroxyl groups is 1. The van der Waals surface area contributed by atoms with E-state index >= 15 is 0 Å². The number of carbonyl (C=O) groups excluding carboxylic acids is 1. The van der Waals surface area contributed by atoms with Gasteiger partial charge < -0.3 is 15.1 Å². The SMILES string of the molecule is Cc1cc(O)ccc1C(=O)N1CCN(CC(=O)O)CC1. The van der Waals surface area contributed by atoms with Crippen molar-refractivity contribution in [1.82, 2.24) is 9.80 Å². The van der Waals surface area contributed by atoms with Crippen LogP contribution >= 0.6 is 0 Å². The van der Waals surface area contributed by atoms with Crippen LogP contribution < -0.4 is 0 Å². The molecule has 0 aliphatic carbocycles. The van der Waals surface area contributed by atoms with Crippen LogP contribution in [0.15, 0.2) is 18.2 Å². The van der Waals surface area contributed by atoms with Crippen LogP contribution in [-0.4, -0.2) is 64.6 Å². The number of phenolic OH excluding ortho intramolecular Hbond substituents is 1. The van der Waals surface area contributed by atoms with E-state index in [1.54, 1.807) is 24.0 Å².